The number of hydrogen-bond donors (Lipinski definition) is 1. The third-order valence-electron chi connectivity index (χ3n) is 6.31. The number of amides is 1. The lowest BCUT2D eigenvalue weighted by molar-refractivity contribution is -0.127. The highest BCUT2D eigenvalue weighted by Crippen LogP contribution is 2.24. The van der Waals surface area contributed by atoms with Crippen LogP contribution in [0.4, 0.5) is 0 Å². The first-order chi connectivity index (χ1) is 13.0. The fraction of sp³-hybridized carbons (Fsp3) is 0.727. The molecule has 5 nitrogen and oxygen atoms in total. The van der Waals surface area contributed by atoms with Gasteiger partial charge >= 0.3 is 0 Å². The van der Waals surface area contributed by atoms with E-state index < -0.39 is 0 Å². The molecule has 1 aromatic heterocycles. The summed E-state index contributed by atoms with van der Waals surface area (Å²) in [4.78, 5) is 22.2. The summed E-state index contributed by atoms with van der Waals surface area (Å²) in [6.45, 7) is 11.7. The van der Waals surface area contributed by atoms with Gasteiger partial charge in [0.05, 0.1) is 5.69 Å². The van der Waals surface area contributed by atoms with Crippen molar-refractivity contribution in [3.63, 3.8) is 0 Å². The van der Waals surface area contributed by atoms with Crippen LogP contribution in [0.5, 0.6) is 0 Å². The number of likely N-dealkylation sites (tertiary alicyclic amines) is 2. The topological polar surface area (TPSA) is 48.5 Å². The molecule has 3 heterocycles. The van der Waals surface area contributed by atoms with Crippen LogP contribution in [-0.4, -0.2) is 59.0 Å². The van der Waals surface area contributed by atoms with Crippen molar-refractivity contribution in [3.05, 3.63) is 29.6 Å². The van der Waals surface area contributed by atoms with Crippen molar-refractivity contribution < 1.29 is 4.79 Å². The number of aryl methyl sites for hydroxylation is 1. The molecule has 1 aromatic rings. The minimum Gasteiger partial charge on any atom is -0.353 e. The molecule has 1 atom stereocenters. The van der Waals surface area contributed by atoms with Crippen LogP contribution in [0, 0.1) is 12.8 Å². The van der Waals surface area contributed by atoms with Crippen molar-refractivity contribution in [3.8, 4) is 0 Å². The molecule has 1 amide bonds. The Morgan fingerprint density at radius 3 is 2.52 bits per heavy atom. The Kier molecular flexibility index (Phi) is 7.25. The zero-order valence-electron chi connectivity index (χ0n) is 17.3. The van der Waals surface area contributed by atoms with Gasteiger partial charge in [-0.15, -0.1) is 0 Å². The summed E-state index contributed by atoms with van der Waals surface area (Å²) in [6.07, 6.45) is 5.48. The van der Waals surface area contributed by atoms with E-state index in [9.17, 15) is 4.79 Å². The largest absolute Gasteiger partial charge is 0.353 e. The highest BCUT2D eigenvalue weighted by atomic mass is 16.1. The SMILES string of the molecule is CC[C@H](C)NC(=O)C1CCN(C2CCN(Cc3cccc(C)n3)CC2)CC1. The van der Waals surface area contributed by atoms with Gasteiger partial charge in [0.15, 0.2) is 0 Å². The predicted octanol–water partition coefficient (Wildman–Crippen LogP) is 2.98. The maximum absolute atomic E-state index is 12.3. The van der Waals surface area contributed by atoms with E-state index in [0.29, 0.717) is 12.1 Å². The van der Waals surface area contributed by atoms with Gasteiger partial charge in [-0.05, 0) is 71.2 Å². The fourth-order valence-electron chi connectivity index (χ4n) is 4.35. The number of aromatic nitrogens is 1. The molecule has 2 aliphatic rings. The fourth-order valence-corrected chi connectivity index (χ4v) is 4.35. The van der Waals surface area contributed by atoms with Crippen LogP contribution in [0.3, 0.4) is 0 Å². The molecule has 0 unspecified atom stereocenters. The van der Waals surface area contributed by atoms with Gasteiger partial charge in [-0.3, -0.25) is 14.7 Å². The molecule has 3 rings (SSSR count). The Labute approximate surface area is 164 Å². The number of hydrogen-bond acceptors (Lipinski definition) is 4. The van der Waals surface area contributed by atoms with Gasteiger partial charge in [0.2, 0.25) is 5.91 Å². The molecular weight excluding hydrogens is 336 g/mol. The third-order valence-corrected chi connectivity index (χ3v) is 6.31. The number of rotatable bonds is 6. The Morgan fingerprint density at radius 2 is 1.89 bits per heavy atom. The van der Waals surface area contributed by atoms with Crippen molar-refractivity contribution >= 4 is 5.91 Å². The molecule has 2 fully saturated rings. The van der Waals surface area contributed by atoms with Crippen LogP contribution < -0.4 is 5.32 Å². The van der Waals surface area contributed by atoms with Crippen molar-refractivity contribution in [1.29, 1.82) is 0 Å². The van der Waals surface area contributed by atoms with Gasteiger partial charge in [0.1, 0.15) is 0 Å². The molecule has 1 N–H and O–H groups in total. The van der Waals surface area contributed by atoms with Gasteiger partial charge in [0.25, 0.3) is 0 Å². The summed E-state index contributed by atoms with van der Waals surface area (Å²) >= 11 is 0. The third kappa shape index (κ3) is 5.76. The van der Waals surface area contributed by atoms with E-state index in [1.54, 1.807) is 0 Å². The van der Waals surface area contributed by atoms with Crippen molar-refractivity contribution in [2.24, 2.45) is 5.92 Å². The number of piperidine rings is 2. The molecule has 0 aromatic carbocycles. The van der Waals surface area contributed by atoms with E-state index in [2.05, 4.69) is 59.1 Å². The van der Waals surface area contributed by atoms with Gasteiger partial charge < -0.3 is 10.2 Å². The Hall–Kier alpha value is -1.46. The lowest BCUT2D eigenvalue weighted by atomic mass is 9.92. The normalized spacial score (nSPS) is 21.9. The van der Waals surface area contributed by atoms with Crippen LogP contribution in [0.15, 0.2) is 18.2 Å². The standard InChI is InChI=1S/C22H36N4O/c1-4-17(2)24-22(27)19-8-14-26(15-9-19)21-10-12-25(13-11-21)16-20-7-5-6-18(3)23-20/h5-7,17,19,21H,4,8-16H2,1-3H3,(H,24,27)/t17-/m0/s1. The van der Waals surface area contributed by atoms with Gasteiger partial charge in [-0.1, -0.05) is 13.0 Å². The Balaban J connectivity index is 1.40. The van der Waals surface area contributed by atoms with Crippen molar-refractivity contribution in [1.82, 2.24) is 20.1 Å². The zero-order valence-corrected chi connectivity index (χ0v) is 17.3. The molecular formula is C22H36N4O. The number of carbonyl (C=O) groups is 1. The molecule has 5 heteroatoms. The summed E-state index contributed by atoms with van der Waals surface area (Å²) in [5.41, 5.74) is 2.28. The van der Waals surface area contributed by atoms with Gasteiger partial charge in [-0.2, -0.15) is 0 Å². The maximum Gasteiger partial charge on any atom is 0.223 e. The number of nitrogens with one attached hydrogen (secondary N) is 1. The summed E-state index contributed by atoms with van der Waals surface area (Å²) < 4.78 is 0. The Morgan fingerprint density at radius 1 is 1.19 bits per heavy atom. The molecule has 2 aliphatic heterocycles. The summed E-state index contributed by atoms with van der Waals surface area (Å²) in [7, 11) is 0. The smallest absolute Gasteiger partial charge is 0.223 e. The average Bonchev–Trinajstić information content (AvgIpc) is 2.68. The number of pyridine rings is 1. The maximum atomic E-state index is 12.3. The first-order valence-electron chi connectivity index (χ1n) is 10.7. The first kappa shape index (κ1) is 20.3. The molecule has 0 aliphatic carbocycles. The predicted molar refractivity (Wildman–Crippen MR) is 109 cm³/mol. The summed E-state index contributed by atoms with van der Waals surface area (Å²) in [5, 5.41) is 3.16. The lowest BCUT2D eigenvalue weighted by Gasteiger charge is -2.41. The van der Waals surface area contributed by atoms with Crippen LogP contribution in [0.1, 0.15) is 57.3 Å². The van der Waals surface area contributed by atoms with E-state index in [1.807, 2.05) is 0 Å². The summed E-state index contributed by atoms with van der Waals surface area (Å²) in [5.74, 6) is 0.479. The van der Waals surface area contributed by atoms with Crippen LogP contribution in [0.25, 0.3) is 0 Å². The second-order valence-electron chi connectivity index (χ2n) is 8.41. The van der Waals surface area contributed by atoms with E-state index >= 15 is 0 Å². The molecule has 0 spiro atoms. The zero-order chi connectivity index (χ0) is 19.2. The highest BCUT2D eigenvalue weighted by Gasteiger charge is 2.30. The van der Waals surface area contributed by atoms with Crippen molar-refractivity contribution in [2.75, 3.05) is 26.2 Å². The average molecular weight is 373 g/mol. The summed E-state index contributed by atoms with van der Waals surface area (Å²) in [6, 6.07) is 7.27. The van der Waals surface area contributed by atoms with Crippen LogP contribution in [-0.2, 0) is 11.3 Å². The minimum absolute atomic E-state index is 0.211. The molecule has 2 saturated heterocycles. The second-order valence-corrected chi connectivity index (χ2v) is 8.41. The quantitative estimate of drug-likeness (QED) is 0.834. The number of nitrogens with zero attached hydrogens (tertiary/aromatic N) is 3. The first-order valence-corrected chi connectivity index (χ1v) is 10.7. The second kappa shape index (κ2) is 9.65. The lowest BCUT2D eigenvalue weighted by Crippen LogP contribution is -2.49. The van der Waals surface area contributed by atoms with Crippen LogP contribution in [0.2, 0.25) is 0 Å². The Bertz CT molecular complexity index is 604. The molecule has 27 heavy (non-hydrogen) atoms. The van der Waals surface area contributed by atoms with E-state index in [4.69, 9.17) is 0 Å². The van der Waals surface area contributed by atoms with Gasteiger partial charge in [0, 0.05) is 43.3 Å². The molecule has 150 valence electrons. The van der Waals surface area contributed by atoms with E-state index in [1.165, 1.54) is 18.5 Å². The molecule has 0 bridgehead atoms. The highest BCUT2D eigenvalue weighted by molar-refractivity contribution is 5.79. The number of carbonyl (C=O) groups excluding carboxylic acids is 1. The van der Waals surface area contributed by atoms with Crippen LogP contribution >= 0.6 is 0 Å². The van der Waals surface area contributed by atoms with E-state index in [0.717, 1.165) is 57.7 Å². The minimum atomic E-state index is 0.211. The van der Waals surface area contributed by atoms with Crippen molar-refractivity contribution in [2.45, 2.75) is 71.5 Å². The van der Waals surface area contributed by atoms with E-state index in [-0.39, 0.29) is 11.8 Å². The monoisotopic (exact) mass is 372 g/mol. The molecule has 0 saturated carbocycles. The van der Waals surface area contributed by atoms with Gasteiger partial charge in [-0.25, -0.2) is 0 Å². The molecule has 0 radical (unpaired) electrons.